The van der Waals surface area contributed by atoms with Crippen LogP contribution in [0.5, 0.6) is 0 Å². The molecule has 1 heteroatoms. The molecular weight excluding hydrogens is 331 g/mol. The molecule has 0 heterocycles. The molecule has 0 spiro atoms. The second-order valence-electron chi connectivity index (χ2n) is 6.24. The molecule has 1 aliphatic carbocycles. The highest BCUT2D eigenvalue weighted by atomic mass is 31.1. The van der Waals surface area contributed by atoms with Crippen molar-refractivity contribution in [3.05, 3.63) is 116 Å². The van der Waals surface area contributed by atoms with E-state index >= 15 is 0 Å². The predicted octanol–water partition coefficient (Wildman–Crippen LogP) is 7.07. The minimum atomic E-state index is -0.477. The fourth-order valence-corrected chi connectivity index (χ4v) is 6.16. The Morgan fingerprint density at radius 1 is 1.12 bits per heavy atom. The van der Waals surface area contributed by atoms with Gasteiger partial charge in [-0.15, -0.1) is 6.58 Å². The molecule has 0 bridgehead atoms. The fourth-order valence-electron chi connectivity index (χ4n) is 3.17. The topological polar surface area (TPSA) is 0 Å². The van der Waals surface area contributed by atoms with Crippen molar-refractivity contribution >= 4 is 13.2 Å². The molecule has 134 valence electrons. The number of hydrogen-bond donors (Lipinski definition) is 0. The average Bonchev–Trinajstić information content (AvgIpc) is 3.16. The van der Waals surface area contributed by atoms with Gasteiger partial charge in [-0.05, 0) is 44.2 Å². The summed E-state index contributed by atoms with van der Waals surface area (Å²) in [6.45, 7) is 9.91. The van der Waals surface area contributed by atoms with Gasteiger partial charge in [-0.1, -0.05) is 104 Å². The van der Waals surface area contributed by atoms with E-state index in [0.29, 0.717) is 11.6 Å². The van der Waals surface area contributed by atoms with Crippen molar-refractivity contribution in [3.63, 3.8) is 0 Å². The summed E-state index contributed by atoms with van der Waals surface area (Å²) in [5.74, 6) is 0.488. The highest BCUT2D eigenvalue weighted by Crippen LogP contribution is 2.53. The quantitative estimate of drug-likeness (QED) is 0.238. The van der Waals surface area contributed by atoms with E-state index in [1.165, 1.54) is 10.6 Å². The summed E-state index contributed by atoms with van der Waals surface area (Å²) in [5.41, 5.74) is 0.465. The fraction of sp³-hybridized carbons (Fsp3) is 0.200. The lowest BCUT2D eigenvalue weighted by atomic mass is 10.1. The highest BCUT2D eigenvalue weighted by molar-refractivity contribution is 7.70. The lowest BCUT2D eigenvalue weighted by Gasteiger charge is -2.29. The Morgan fingerprint density at radius 2 is 1.85 bits per heavy atom. The number of benzene rings is 1. The van der Waals surface area contributed by atoms with Crippen molar-refractivity contribution in [1.29, 1.82) is 0 Å². The van der Waals surface area contributed by atoms with Crippen molar-refractivity contribution in [3.8, 4) is 0 Å². The first-order chi connectivity index (χ1) is 12.8. The Balaban J connectivity index is 2.47. The number of hydrogen-bond acceptors (Lipinski definition) is 0. The molecule has 1 aromatic rings. The Kier molecular flexibility index (Phi) is 8.87. The molecule has 1 aromatic carbocycles. The zero-order chi connectivity index (χ0) is 18.6. The molecule has 0 aromatic heterocycles. The summed E-state index contributed by atoms with van der Waals surface area (Å²) >= 11 is 0. The Bertz CT molecular complexity index is 704. The molecule has 0 nitrogen and oxygen atoms in total. The van der Waals surface area contributed by atoms with Gasteiger partial charge in [0.1, 0.15) is 0 Å². The summed E-state index contributed by atoms with van der Waals surface area (Å²) in [5, 5.41) is 2.94. The first kappa shape index (κ1) is 20.1. The van der Waals surface area contributed by atoms with Crippen molar-refractivity contribution in [2.45, 2.75) is 25.4 Å². The molecule has 2 rings (SSSR count). The van der Waals surface area contributed by atoms with Crippen LogP contribution < -0.4 is 5.30 Å². The van der Waals surface area contributed by atoms with Gasteiger partial charge in [0.15, 0.2) is 0 Å². The number of allylic oxidation sites excluding steroid dienone is 12. The molecular formula is C25H29P. The molecule has 0 saturated heterocycles. The van der Waals surface area contributed by atoms with Crippen LogP contribution in [0.3, 0.4) is 0 Å². The second-order valence-corrected chi connectivity index (χ2v) is 8.73. The van der Waals surface area contributed by atoms with Crippen LogP contribution in [-0.2, 0) is 0 Å². The van der Waals surface area contributed by atoms with Gasteiger partial charge in [-0.25, -0.2) is 0 Å². The maximum absolute atomic E-state index is 4.00. The van der Waals surface area contributed by atoms with Gasteiger partial charge >= 0.3 is 0 Å². The molecule has 0 amide bonds. The summed E-state index contributed by atoms with van der Waals surface area (Å²) in [4.78, 5) is 0. The maximum Gasteiger partial charge on any atom is 0.00819 e. The van der Waals surface area contributed by atoms with Gasteiger partial charge in [0.05, 0.1) is 0 Å². The van der Waals surface area contributed by atoms with Gasteiger partial charge < -0.3 is 0 Å². The first-order valence-electron chi connectivity index (χ1n) is 9.21. The van der Waals surface area contributed by atoms with E-state index in [4.69, 9.17) is 0 Å². The van der Waals surface area contributed by atoms with Crippen LogP contribution in [0.1, 0.15) is 19.8 Å². The first-order valence-corrected chi connectivity index (χ1v) is 10.6. The van der Waals surface area contributed by atoms with Crippen LogP contribution in [0.15, 0.2) is 116 Å². The zero-order valence-electron chi connectivity index (χ0n) is 15.7. The van der Waals surface area contributed by atoms with Crippen LogP contribution in [0.4, 0.5) is 0 Å². The van der Waals surface area contributed by atoms with Crippen molar-refractivity contribution in [2.24, 2.45) is 5.92 Å². The minimum absolute atomic E-state index is 0.465. The molecule has 0 saturated carbocycles. The Hall–Kier alpha value is -2.17. The van der Waals surface area contributed by atoms with Crippen molar-refractivity contribution in [1.82, 2.24) is 0 Å². The molecule has 26 heavy (non-hydrogen) atoms. The third kappa shape index (κ3) is 5.97. The summed E-state index contributed by atoms with van der Waals surface area (Å²) in [6.07, 6.45) is 25.8. The lowest BCUT2D eigenvalue weighted by Crippen LogP contribution is -2.14. The lowest BCUT2D eigenvalue weighted by molar-refractivity contribution is 0.832. The van der Waals surface area contributed by atoms with Gasteiger partial charge in [0.2, 0.25) is 0 Å². The molecule has 0 aliphatic heterocycles. The zero-order valence-corrected chi connectivity index (χ0v) is 16.6. The van der Waals surface area contributed by atoms with Crippen LogP contribution >= 0.6 is 7.92 Å². The monoisotopic (exact) mass is 360 g/mol. The van der Waals surface area contributed by atoms with Crippen molar-refractivity contribution in [2.75, 3.05) is 0 Å². The smallest absolute Gasteiger partial charge is 0.00819 e. The van der Waals surface area contributed by atoms with Gasteiger partial charge in [-0.3, -0.25) is 0 Å². The van der Waals surface area contributed by atoms with Crippen LogP contribution in [0, 0.1) is 5.92 Å². The van der Waals surface area contributed by atoms with E-state index in [-0.39, 0.29) is 0 Å². The highest BCUT2D eigenvalue weighted by Gasteiger charge is 2.24. The van der Waals surface area contributed by atoms with Gasteiger partial charge in [0, 0.05) is 5.66 Å². The number of rotatable bonds is 10. The van der Waals surface area contributed by atoms with Crippen LogP contribution in [-0.4, -0.2) is 5.66 Å². The molecule has 0 radical (unpaired) electrons. The van der Waals surface area contributed by atoms with E-state index in [0.717, 1.165) is 12.8 Å². The largest absolute Gasteiger partial charge is 0.103 e. The van der Waals surface area contributed by atoms with Crippen LogP contribution in [0.2, 0.25) is 0 Å². The molecule has 1 aliphatic rings. The third-order valence-corrected chi connectivity index (χ3v) is 7.16. The summed E-state index contributed by atoms with van der Waals surface area (Å²) in [7, 11) is -0.477. The third-order valence-electron chi connectivity index (χ3n) is 4.31. The molecule has 0 fully saturated rings. The van der Waals surface area contributed by atoms with Crippen molar-refractivity contribution < 1.29 is 0 Å². The standard InChI is InChI=1S/C25H29P/c1-4-7-9-20-25(21-22-16-12-13-17-22)26(23(14-5-2)15-6-3)24-18-10-8-11-19-24/h4-13,15-20,22-23H,1-2,14,21H2,3H3/b9-7-,15-6-,25-20-. The van der Waals surface area contributed by atoms with E-state index in [2.05, 4.69) is 105 Å². The maximum atomic E-state index is 4.00. The summed E-state index contributed by atoms with van der Waals surface area (Å²) in [6, 6.07) is 10.9. The van der Waals surface area contributed by atoms with E-state index < -0.39 is 7.92 Å². The van der Waals surface area contributed by atoms with E-state index in [1.807, 2.05) is 12.2 Å². The summed E-state index contributed by atoms with van der Waals surface area (Å²) < 4.78 is 0. The van der Waals surface area contributed by atoms with E-state index in [9.17, 15) is 0 Å². The van der Waals surface area contributed by atoms with E-state index in [1.54, 1.807) is 0 Å². The second kappa shape index (κ2) is 11.4. The predicted molar refractivity (Wildman–Crippen MR) is 120 cm³/mol. The van der Waals surface area contributed by atoms with Gasteiger partial charge in [-0.2, -0.15) is 0 Å². The average molecular weight is 360 g/mol. The Labute approximate surface area is 160 Å². The normalized spacial score (nSPS) is 17.2. The van der Waals surface area contributed by atoms with Crippen LogP contribution in [0.25, 0.3) is 0 Å². The van der Waals surface area contributed by atoms with Gasteiger partial charge in [0.25, 0.3) is 0 Å². The molecule has 2 atom stereocenters. The molecule has 2 unspecified atom stereocenters. The molecule has 0 N–H and O–H groups in total. The SMILES string of the molecule is C=C/C=C\C=C(\CC1C=CC=C1)P(c1ccccc1)C(/C=C\C)CC=C. The Morgan fingerprint density at radius 3 is 2.46 bits per heavy atom. The minimum Gasteiger partial charge on any atom is -0.103 e.